The highest BCUT2D eigenvalue weighted by Crippen LogP contribution is 2.47. The van der Waals surface area contributed by atoms with Crippen LogP contribution in [0.3, 0.4) is 0 Å². The second-order valence-corrected chi connectivity index (χ2v) is 11.1. The molecule has 0 aliphatic heterocycles. The number of furan rings is 1. The van der Waals surface area contributed by atoms with E-state index in [9.17, 15) is 0 Å². The number of nitrogens with zero attached hydrogens (tertiary/aromatic N) is 1. The van der Waals surface area contributed by atoms with Gasteiger partial charge in [0, 0.05) is 22.0 Å². The molecule has 0 atom stereocenters. The molecule has 7 aromatic carbocycles. The van der Waals surface area contributed by atoms with E-state index in [1.54, 1.807) is 0 Å². The quantitative estimate of drug-likeness (QED) is 0.211. The first kappa shape index (κ1) is 25.1. The van der Waals surface area contributed by atoms with Crippen molar-refractivity contribution in [2.24, 2.45) is 0 Å². The van der Waals surface area contributed by atoms with Gasteiger partial charge in [-0.05, 0) is 76.3 Å². The Bertz CT molecular complexity index is 2230. The van der Waals surface area contributed by atoms with Gasteiger partial charge in [-0.3, -0.25) is 0 Å². The van der Waals surface area contributed by atoms with Crippen molar-refractivity contribution in [3.8, 4) is 22.3 Å². The van der Waals surface area contributed by atoms with Crippen molar-refractivity contribution in [2.75, 3.05) is 4.90 Å². The summed E-state index contributed by atoms with van der Waals surface area (Å²) in [5.41, 5.74) is 10.9. The molecule has 8 rings (SSSR count). The third-order valence-electron chi connectivity index (χ3n) is 8.29. The van der Waals surface area contributed by atoms with Gasteiger partial charge in [0.1, 0.15) is 5.58 Å². The minimum Gasteiger partial charge on any atom is -0.454 e. The van der Waals surface area contributed by atoms with E-state index in [0.29, 0.717) is 0 Å². The highest BCUT2D eigenvalue weighted by molar-refractivity contribution is 6.21. The Morgan fingerprint density at radius 2 is 1.14 bits per heavy atom. The summed E-state index contributed by atoms with van der Waals surface area (Å²) in [4.78, 5) is 2.36. The van der Waals surface area contributed by atoms with Gasteiger partial charge in [0.2, 0.25) is 0 Å². The summed E-state index contributed by atoms with van der Waals surface area (Å²) in [7, 11) is 0. The molecule has 2 heteroatoms. The smallest absolute Gasteiger partial charge is 0.159 e. The van der Waals surface area contributed by atoms with Crippen LogP contribution in [0.5, 0.6) is 0 Å². The zero-order chi connectivity index (χ0) is 28.8. The SMILES string of the molecule is Cc1cc(N(c2ccc(-c3ccccc3)cc2)c2ccccc2-c2ccccc2)c2oc3ccc4ccccc4c3c2c1. The third-order valence-corrected chi connectivity index (χ3v) is 8.29. The van der Waals surface area contributed by atoms with E-state index in [4.69, 9.17) is 4.42 Å². The van der Waals surface area contributed by atoms with Gasteiger partial charge in [-0.15, -0.1) is 0 Å². The van der Waals surface area contributed by atoms with Crippen molar-refractivity contribution in [3.05, 3.63) is 163 Å². The average Bonchev–Trinajstić information content (AvgIpc) is 3.45. The number of hydrogen-bond acceptors (Lipinski definition) is 2. The lowest BCUT2D eigenvalue weighted by Crippen LogP contribution is -2.11. The van der Waals surface area contributed by atoms with E-state index in [1.807, 2.05) is 0 Å². The van der Waals surface area contributed by atoms with Crippen molar-refractivity contribution in [2.45, 2.75) is 6.92 Å². The fraction of sp³-hybridized carbons (Fsp3) is 0.0244. The van der Waals surface area contributed by atoms with Crippen molar-refractivity contribution in [1.82, 2.24) is 0 Å². The van der Waals surface area contributed by atoms with Gasteiger partial charge in [0.05, 0.1) is 11.4 Å². The lowest BCUT2D eigenvalue weighted by atomic mass is 9.99. The molecule has 0 aliphatic carbocycles. The summed E-state index contributed by atoms with van der Waals surface area (Å²) in [5.74, 6) is 0. The summed E-state index contributed by atoms with van der Waals surface area (Å²) in [6, 6.07) is 56.0. The number of fused-ring (bicyclic) bond motifs is 5. The largest absolute Gasteiger partial charge is 0.454 e. The van der Waals surface area contributed by atoms with Crippen LogP contribution in [0, 0.1) is 6.92 Å². The molecule has 0 saturated carbocycles. The van der Waals surface area contributed by atoms with Gasteiger partial charge in [-0.25, -0.2) is 0 Å². The fourth-order valence-electron chi connectivity index (χ4n) is 6.31. The Labute approximate surface area is 251 Å². The number of benzene rings is 7. The standard InChI is InChI=1S/C41H29NO/c1-28-26-36-40-35-18-9-8-16-32(35)22-25-39(40)43-41(36)38(27-28)42(33-23-20-30(21-24-33)29-12-4-2-5-13-29)37-19-11-10-17-34(37)31-14-6-3-7-15-31/h2-27H,1H3. The first-order chi connectivity index (χ1) is 21.2. The predicted octanol–water partition coefficient (Wildman–Crippen LogP) is 11.9. The Morgan fingerprint density at radius 1 is 0.488 bits per heavy atom. The van der Waals surface area contributed by atoms with Crippen LogP contribution in [0.15, 0.2) is 162 Å². The Kier molecular flexibility index (Phi) is 6.05. The molecule has 0 amide bonds. The van der Waals surface area contributed by atoms with E-state index >= 15 is 0 Å². The van der Waals surface area contributed by atoms with E-state index in [2.05, 4.69) is 170 Å². The molecule has 0 spiro atoms. The Morgan fingerprint density at radius 3 is 1.93 bits per heavy atom. The van der Waals surface area contributed by atoms with Gasteiger partial charge >= 0.3 is 0 Å². The maximum atomic E-state index is 6.77. The van der Waals surface area contributed by atoms with Gasteiger partial charge in [0.15, 0.2) is 5.58 Å². The van der Waals surface area contributed by atoms with E-state index in [-0.39, 0.29) is 0 Å². The zero-order valence-corrected chi connectivity index (χ0v) is 23.9. The van der Waals surface area contributed by atoms with Crippen LogP contribution >= 0.6 is 0 Å². The van der Waals surface area contributed by atoms with Crippen LogP contribution in [0.25, 0.3) is 55.0 Å². The molecule has 0 fully saturated rings. The van der Waals surface area contributed by atoms with Crippen LogP contribution in [0.4, 0.5) is 17.1 Å². The summed E-state index contributed by atoms with van der Waals surface area (Å²) in [6.45, 7) is 2.17. The number of aryl methyl sites for hydroxylation is 1. The van der Waals surface area contributed by atoms with Crippen molar-refractivity contribution in [1.29, 1.82) is 0 Å². The molecule has 0 N–H and O–H groups in total. The molecule has 8 aromatic rings. The van der Waals surface area contributed by atoms with Gasteiger partial charge in [-0.2, -0.15) is 0 Å². The first-order valence-electron chi connectivity index (χ1n) is 14.7. The minimum atomic E-state index is 0.881. The first-order valence-corrected chi connectivity index (χ1v) is 14.7. The molecule has 0 unspecified atom stereocenters. The maximum Gasteiger partial charge on any atom is 0.159 e. The van der Waals surface area contributed by atoms with E-state index < -0.39 is 0 Å². The van der Waals surface area contributed by atoms with Gasteiger partial charge in [-0.1, -0.05) is 121 Å². The third kappa shape index (κ3) is 4.36. The molecule has 0 aliphatic rings. The summed E-state index contributed by atoms with van der Waals surface area (Å²) in [5, 5.41) is 4.71. The molecule has 1 aromatic heterocycles. The second-order valence-electron chi connectivity index (χ2n) is 11.1. The fourth-order valence-corrected chi connectivity index (χ4v) is 6.31. The maximum absolute atomic E-state index is 6.77. The molecule has 0 bridgehead atoms. The van der Waals surface area contributed by atoms with Crippen LogP contribution < -0.4 is 4.90 Å². The topological polar surface area (TPSA) is 16.4 Å². The van der Waals surface area contributed by atoms with Gasteiger partial charge in [0.25, 0.3) is 0 Å². The van der Waals surface area contributed by atoms with Crippen molar-refractivity contribution >= 4 is 49.8 Å². The summed E-state index contributed by atoms with van der Waals surface area (Å²) < 4.78 is 6.77. The van der Waals surface area contributed by atoms with Gasteiger partial charge < -0.3 is 9.32 Å². The minimum absolute atomic E-state index is 0.881. The van der Waals surface area contributed by atoms with E-state index in [1.165, 1.54) is 33.0 Å². The zero-order valence-electron chi connectivity index (χ0n) is 23.9. The van der Waals surface area contributed by atoms with E-state index in [0.717, 1.165) is 44.6 Å². The number of hydrogen-bond donors (Lipinski definition) is 0. The normalized spacial score (nSPS) is 11.4. The summed E-state index contributed by atoms with van der Waals surface area (Å²) in [6.07, 6.45) is 0. The van der Waals surface area contributed by atoms with Crippen LogP contribution in [0.1, 0.15) is 5.56 Å². The highest BCUT2D eigenvalue weighted by atomic mass is 16.3. The summed E-state index contributed by atoms with van der Waals surface area (Å²) >= 11 is 0. The Balaban J connectivity index is 1.41. The second kappa shape index (κ2) is 10.3. The van der Waals surface area contributed by atoms with Crippen molar-refractivity contribution in [3.63, 3.8) is 0 Å². The molecular formula is C41H29NO. The lowest BCUT2D eigenvalue weighted by Gasteiger charge is -2.28. The van der Waals surface area contributed by atoms with Crippen molar-refractivity contribution < 1.29 is 4.42 Å². The predicted molar refractivity (Wildman–Crippen MR) is 182 cm³/mol. The molecule has 2 nitrogen and oxygen atoms in total. The lowest BCUT2D eigenvalue weighted by molar-refractivity contribution is 0.669. The number of anilines is 3. The number of para-hydroxylation sites is 1. The van der Waals surface area contributed by atoms with Crippen LogP contribution in [0.2, 0.25) is 0 Å². The molecule has 0 radical (unpaired) electrons. The number of rotatable bonds is 5. The Hall–Kier alpha value is -5.60. The van der Waals surface area contributed by atoms with Crippen LogP contribution in [-0.2, 0) is 0 Å². The molecule has 1 heterocycles. The molecule has 204 valence electrons. The molecular weight excluding hydrogens is 522 g/mol. The average molecular weight is 552 g/mol. The molecule has 43 heavy (non-hydrogen) atoms. The molecule has 0 saturated heterocycles. The van der Waals surface area contributed by atoms with Crippen LogP contribution in [-0.4, -0.2) is 0 Å². The highest BCUT2D eigenvalue weighted by Gasteiger charge is 2.23. The monoisotopic (exact) mass is 551 g/mol.